The van der Waals surface area contributed by atoms with Crippen molar-refractivity contribution in [2.75, 3.05) is 0 Å². The van der Waals surface area contributed by atoms with Crippen LogP contribution in [-0.2, 0) is 0 Å². The molecule has 58 heavy (non-hydrogen) atoms. The normalized spacial score (nSPS) is 11.4. The Hall–Kier alpha value is -5.78. The van der Waals surface area contributed by atoms with Crippen LogP contribution in [-0.4, -0.2) is 12.7 Å². The summed E-state index contributed by atoms with van der Waals surface area (Å²) in [5.41, 5.74) is 9.07. The first kappa shape index (κ1) is 36.6. The second kappa shape index (κ2) is 15.2. The number of hydrogen-bond acceptors (Lipinski definition) is 6. The summed E-state index contributed by atoms with van der Waals surface area (Å²) in [5.74, 6) is 0.639. The van der Waals surface area contributed by atoms with Gasteiger partial charge in [0.2, 0.25) is 0 Å². The highest BCUT2D eigenvalue weighted by Crippen LogP contribution is 2.41. The van der Waals surface area contributed by atoms with Gasteiger partial charge >= 0.3 is 7.69 Å². The lowest BCUT2D eigenvalue weighted by Crippen LogP contribution is -1.98. The fourth-order valence-electron chi connectivity index (χ4n) is 7.42. The quantitative estimate of drug-likeness (QED) is 0.178. The highest BCUT2D eigenvalue weighted by atomic mass is 79.9. The molecule has 0 atom stereocenters. The fourth-order valence-corrected chi connectivity index (χ4v) is 8.51. The Bertz CT molecular complexity index is 3360. The smallest absolute Gasteiger partial charge is 0.537 e. The number of para-hydroxylation sites is 1. The predicted octanol–water partition coefficient (Wildman–Crippen LogP) is 15.5. The number of benzene rings is 8. The van der Waals surface area contributed by atoms with E-state index in [1.807, 2.05) is 66.7 Å². The Morgan fingerprint density at radius 3 is 1.12 bits per heavy atom. The molecule has 0 spiro atoms. The second-order valence-corrected chi connectivity index (χ2v) is 16.3. The Labute approximate surface area is 356 Å². The van der Waals surface area contributed by atoms with E-state index in [0.29, 0.717) is 13.4 Å². The number of fused-ring (bicyclic) bond motifs is 14. The molecule has 6 nitrogen and oxygen atoms in total. The molecule has 279 valence electrons. The van der Waals surface area contributed by atoms with Gasteiger partial charge in [0.1, 0.15) is 22.3 Å². The van der Waals surface area contributed by atoms with Gasteiger partial charge in [0.25, 0.3) is 0 Å². The van der Waals surface area contributed by atoms with E-state index in [2.05, 4.69) is 131 Å². The van der Waals surface area contributed by atoms with Crippen molar-refractivity contribution in [1.29, 1.82) is 0 Å². The molecule has 0 saturated heterocycles. The van der Waals surface area contributed by atoms with Crippen molar-refractivity contribution >= 4 is 143 Å². The average molecular weight is 950 g/mol. The van der Waals surface area contributed by atoms with Crippen molar-refractivity contribution in [2.24, 2.45) is 0 Å². The summed E-state index contributed by atoms with van der Waals surface area (Å²) in [6, 6.07) is 52.4. The van der Waals surface area contributed by atoms with Crippen LogP contribution >= 0.6 is 47.8 Å². The van der Waals surface area contributed by atoms with Crippen molar-refractivity contribution in [3.8, 4) is 16.9 Å². The summed E-state index contributed by atoms with van der Waals surface area (Å²) >= 11 is 10.6. The molecule has 4 heterocycles. The van der Waals surface area contributed by atoms with Crippen LogP contribution in [0.15, 0.2) is 189 Å². The van der Waals surface area contributed by atoms with Crippen molar-refractivity contribution < 1.29 is 27.3 Å². The van der Waals surface area contributed by atoms with E-state index in [0.717, 1.165) is 101 Å². The molecule has 0 aliphatic heterocycles. The van der Waals surface area contributed by atoms with E-state index in [1.165, 1.54) is 11.1 Å². The van der Waals surface area contributed by atoms with Crippen LogP contribution in [0.5, 0.6) is 5.75 Å². The number of halogens is 3. The first-order valence-electron chi connectivity index (χ1n) is 18.2. The molecule has 10 heteroatoms. The Kier molecular flexibility index (Phi) is 9.58. The maximum Gasteiger partial charge on any atom is 0.569 e. The van der Waals surface area contributed by atoms with E-state index in [-0.39, 0.29) is 0 Å². The standard InChI is InChI=1S/C24H13BrO2.C18H8Br2O2.C6H6BO2/c25-16-7-11-22-20(13-16)18-9-8-17-19-12-15(14-4-2-1-3-5-14)6-10-21(19)26-23(17)24(18)27-22;19-9-1-5-15-13(7-9)11-3-4-12-14-8-10(20)2-6-16(14)22-18(12)17(11)21-15;8-7-9-6-4-2-1-3-5-6/h1-13H;1-8H;1-5,8H. The van der Waals surface area contributed by atoms with Crippen molar-refractivity contribution in [3.63, 3.8) is 0 Å². The van der Waals surface area contributed by atoms with Crippen LogP contribution in [0.3, 0.4) is 0 Å². The molecular weight excluding hydrogens is 923 g/mol. The molecule has 0 aliphatic rings. The molecule has 8 aromatic carbocycles. The summed E-state index contributed by atoms with van der Waals surface area (Å²) < 4.78 is 32.2. The highest BCUT2D eigenvalue weighted by molar-refractivity contribution is 9.11. The van der Waals surface area contributed by atoms with E-state index in [9.17, 15) is 0 Å². The molecule has 0 amide bonds. The molecule has 0 unspecified atom stereocenters. The lowest BCUT2D eigenvalue weighted by Gasteiger charge is -2.01. The van der Waals surface area contributed by atoms with Crippen LogP contribution in [0.4, 0.5) is 0 Å². The SMILES string of the molecule is Brc1ccc2oc3c(ccc4c5cc(-c6ccccc6)ccc5oc43)c2c1.Brc1ccc2oc3c(ccc4c5cc(Br)ccc5oc43)c2c1.O[B]Oc1ccccc1. The second-order valence-electron chi connectivity index (χ2n) is 13.6. The maximum atomic E-state index is 8.17. The minimum absolute atomic E-state index is 0.639. The molecule has 1 radical (unpaired) electrons. The van der Waals surface area contributed by atoms with Crippen LogP contribution in [0.25, 0.3) is 98.9 Å². The Morgan fingerprint density at radius 2 is 0.724 bits per heavy atom. The van der Waals surface area contributed by atoms with Gasteiger partial charge in [-0.15, -0.1) is 0 Å². The molecular formula is C48H27BBr3O6. The Morgan fingerprint density at radius 1 is 0.362 bits per heavy atom. The number of furan rings is 4. The summed E-state index contributed by atoms with van der Waals surface area (Å²) in [5, 5.41) is 16.8. The van der Waals surface area contributed by atoms with Crippen molar-refractivity contribution in [1.82, 2.24) is 0 Å². The zero-order valence-corrected chi connectivity index (χ0v) is 35.0. The minimum atomic E-state index is 0.639. The lowest BCUT2D eigenvalue weighted by molar-refractivity contribution is 0.454. The first-order chi connectivity index (χ1) is 28.4. The molecule has 0 bridgehead atoms. The van der Waals surface area contributed by atoms with Gasteiger partial charge in [-0.1, -0.05) is 102 Å². The summed E-state index contributed by atoms with van der Waals surface area (Å²) in [6.07, 6.45) is 0. The summed E-state index contributed by atoms with van der Waals surface area (Å²) in [6.45, 7) is 0. The zero-order chi connectivity index (χ0) is 39.3. The van der Waals surface area contributed by atoms with Crippen LogP contribution < -0.4 is 4.65 Å². The lowest BCUT2D eigenvalue weighted by atomic mass is 10.0. The monoisotopic (exact) mass is 947 g/mol. The third-order valence-corrected chi connectivity index (χ3v) is 11.6. The zero-order valence-electron chi connectivity index (χ0n) is 30.2. The molecule has 1 N–H and O–H groups in total. The van der Waals surface area contributed by atoms with E-state index >= 15 is 0 Å². The van der Waals surface area contributed by atoms with Crippen LogP contribution in [0.2, 0.25) is 0 Å². The number of rotatable bonds is 3. The first-order valence-corrected chi connectivity index (χ1v) is 20.6. The van der Waals surface area contributed by atoms with Gasteiger partial charge in [-0.3, -0.25) is 0 Å². The molecule has 0 saturated carbocycles. The van der Waals surface area contributed by atoms with Crippen LogP contribution in [0, 0.1) is 0 Å². The number of hydrogen-bond donors (Lipinski definition) is 1. The summed E-state index contributed by atoms with van der Waals surface area (Å²) in [7, 11) is 0.662. The van der Waals surface area contributed by atoms with Gasteiger partial charge < -0.3 is 27.3 Å². The molecule has 0 aliphatic carbocycles. The molecule has 4 aromatic heterocycles. The molecule has 12 rings (SSSR count). The van der Waals surface area contributed by atoms with Gasteiger partial charge in [0, 0.05) is 56.5 Å². The summed E-state index contributed by atoms with van der Waals surface area (Å²) in [4.78, 5) is 0. The topological polar surface area (TPSA) is 82.0 Å². The van der Waals surface area contributed by atoms with Gasteiger partial charge in [0.05, 0.1) is 5.75 Å². The molecule has 12 aromatic rings. The van der Waals surface area contributed by atoms with E-state index in [1.54, 1.807) is 12.1 Å². The van der Waals surface area contributed by atoms with E-state index < -0.39 is 0 Å². The minimum Gasteiger partial charge on any atom is -0.537 e. The van der Waals surface area contributed by atoms with Gasteiger partial charge in [-0.25, -0.2) is 0 Å². The van der Waals surface area contributed by atoms with Crippen molar-refractivity contribution in [3.05, 3.63) is 171 Å². The van der Waals surface area contributed by atoms with Gasteiger partial charge in [-0.05, 0) is 114 Å². The fraction of sp³-hybridized carbons (Fsp3) is 0. The third kappa shape index (κ3) is 6.66. The van der Waals surface area contributed by atoms with Gasteiger partial charge in [-0.2, -0.15) is 0 Å². The average Bonchev–Trinajstić information content (AvgIpc) is 4.02. The van der Waals surface area contributed by atoms with Crippen molar-refractivity contribution in [2.45, 2.75) is 0 Å². The largest absolute Gasteiger partial charge is 0.569 e. The highest BCUT2D eigenvalue weighted by Gasteiger charge is 2.18. The van der Waals surface area contributed by atoms with Crippen LogP contribution in [0.1, 0.15) is 0 Å². The maximum absolute atomic E-state index is 8.17. The predicted molar refractivity (Wildman–Crippen MR) is 246 cm³/mol. The van der Waals surface area contributed by atoms with Gasteiger partial charge in [0.15, 0.2) is 22.3 Å². The third-order valence-electron chi connectivity index (χ3n) is 10.1. The molecule has 0 fully saturated rings. The van der Waals surface area contributed by atoms with E-state index in [4.69, 9.17) is 22.7 Å². The Balaban J connectivity index is 0.000000118.